The first-order chi connectivity index (χ1) is 11.4. The van der Waals surface area contributed by atoms with Gasteiger partial charge in [-0.1, -0.05) is 43.7 Å². The van der Waals surface area contributed by atoms with Crippen LogP contribution in [0.25, 0.3) is 0 Å². The largest absolute Gasteiger partial charge is 0.342 e. The van der Waals surface area contributed by atoms with Crippen molar-refractivity contribution in [1.82, 2.24) is 10.2 Å². The van der Waals surface area contributed by atoms with Crippen LogP contribution in [0.4, 0.5) is 5.82 Å². The summed E-state index contributed by atoms with van der Waals surface area (Å²) in [5, 5.41) is 11.0. The Hall–Kier alpha value is -2.36. The Morgan fingerprint density at radius 1 is 1.12 bits per heavy atom. The number of aryl methyl sites for hydroxylation is 2. The van der Waals surface area contributed by atoms with E-state index in [1.807, 2.05) is 6.92 Å². The zero-order valence-electron chi connectivity index (χ0n) is 14.7. The van der Waals surface area contributed by atoms with Crippen LogP contribution in [-0.2, 0) is 4.79 Å². The highest BCUT2D eigenvalue weighted by Crippen LogP contribution is 2.49. The highest BCUT2D eigenvalue weighted by molar-refractivity contribution is 6.01. The lowest BCUT2D eigenvalue weighted by atomic mass is 9.69. The summed E-state index contributed by atoms with van der Waals surface area (Å²) in [6.45, 7) is 8.42. The van der Waals surface area contributed by atoms with Gasteiger partial charge in [0.2, 0.25) is 0 Å². The maximum absolute atomic E-state index is 13.0. The van der Waals surface area contributed by atoms with Gasteiger partial charge in [-0.2, -0.15) is 5.10 Å². The Labute approximate surface area is 142 Å². The molecule has 4 nitrogen and oxygen atoms in total. The third kappa shape index (κ3) is 2.29. The number of aromatic nitrogens is 2. The molecule has 0 saturated heterocycles. The molecule has 4 heteroatoms. The van der Waals surface area contributed by atoms with E-state index in [2.05, 4.69) is 60.6 Å². The van der Waals surface area contributed by atoms with Crippen LogP contribution in [0, 0.1) is 19.3 Å². The summed E-state index contributed by atoms with van der Waals surface area (Å²) in [5.74, 6) is 1.09. The lowest BCUT2D eigenvalue weighted by Gasteiger charge is -2.38. The summed E-state index contributed by atoms with van der Waals surface area (Å²) >= 11 is 0. The Morgan fingerprint density at radius 2 is 1.83 bits per heavy atom. The van der Waals surface area contributed by atoms with E-state index in [0.717, 1.165) is 40.3 Å². The molecule has 1 aliphatic carbocycles. The van der Waals surface area contributed by atoms with Crippen molar-refractivity contribution in [2.75, 3.05) is 5.32 Å². The van der Waals surface area contributed by atoms with Crippen LogP contribution in [0.3, 0.4) is 0 Å². The highest BCUT2D eigenvalue weighted by atomic mass is 16.1. The molecule has 0 bridgehead atoms. The molecule has 1 atom stereocenters. The molecular weight excluding hydrogens is 298 g/mol. The molecule has 1 aromatic heterocycles. The lowest BCUT2D eigenvalue weighted by Crippen LogP contribution is -2.33. The molecule has 0 fully saturated rings. The van der Waals surface area contributed by atoms with Gasteiger partial charge < -0.3 is 5.32 Å². The number of H-pyrrole nitrogens is 1. The molecule has 1 aliphatic heterocycles. The number of benzene rings is 1. The van der Waals surface area contributed by atoms with Crippen LogP contribution in [0.5, 0.6) is 0 Å². The number of ketones is 1. The number of nitrogens with one attached hydrogen (secondary N) is 2. The van der Waals surface area contributed by atoms with Gasteiger partial charge in [-0.25, -0.2) is 0 Å². The molecule has 4 rings (SSSR count). The van der Waals surface area contributed by atoms with Crippen molar-refractivity contribution in [3.63, 3.8) is 0 Å². The van der Waals surface area contributed by atoms with Crippen molar-refractivity contribution in [2.45, 2.75) is 46.5 Å². The number of anilines is 1. The van der Waals surface area contributed by atoms with Crippen LogP contribution < -0.4 is 5.32 Å². The molecule has 124 valence electrons. The standard InChI is InChI=1S/C20H23N3O/c1-11-5-7-13(8-6-11)17-16-12(2)22-23-19(16)21-14-9-20(3,4)10-15(24)18(14)17/h5-8,17H,9-10H2,1-4H3,(H2,21,22,23)/t17-/m0/s1. The van der Waals surface area contributed by atoms with Gasteiger partial charge in [0, 0.05) is 34.9 Å². The van der Waals surface area contributed by atoms with Gasteiger partial charge in [-0.15, -0.1) is 0 Å². The Morgan fingerprint density at radius 3 is 2.54 bits per heavy atom. The van der Waals surface area contributed by atoms with Gasteiger partial charge >= 0.3 is 0 Å². The first-order valence-electron chi connectivity index (χ1n) is 8.50. The van der Waals surface area contributed by atoms with Crippen molar-refractivity contribution < 1.29 is 4.79 Å². The number of rotatable bonds is 1. The normalized spacial score (nSPS) is 22.0. The van der Waals surface area contributed by atoms with E-state index in [0.29, 0.717) is 6.42 Å². The van der Waals surface area contributed by atoms with E-state index in [1.54, 1.807) is 0 Å². The van der Waals surface area contributed by atoms with E-state index in [-0.39, 0.29) is 17.1 Å². The number of aromatic amines is 1. The number of carbonyl (C=O) groups is 1. The second-order valence-corrected chi connectivity index (χ2v) is 7.91. The molecule has 0 radical (unpaired) electrons. The molecule has 2 aliphatic rings. The average molecular weight is 321 g/mol. The first kappa shape index (κ1) is 15.2. The quantitative estimate of drug-likeness (QED) is 0.826. The zero-order valence-corrected chi connectivity index (χ0v) is 14.7. The van der Waals surface area contributed by atoms with Crippen LogP contribution in [0.2, 0.25) is 0 Å². The fourth-order valence-electron chi connectivity index (χ4n) is 4.05. The molecule has 2 heterocycles. The zero-order chi connectivity index (χ0) is 17.1. The summed E-state index contributed by atoms with van der Waals surface area (Å²) in [7, 11) is 0. The Bertz CT molecular complexity index is 856. The molecule has 0 amide bonds. The fourth-order valence-corrected chi connectivity index (χ4v) is 4.05. The number of hydrogen-bond donors (Lipinski definition) is 2. The van der Waals surface area contributed by atoms with Crippen LogP contribution >= 0.6 is 0 Å². The number of Topliss-reactive ketones (excluding diaryl/α,β-unsaturated/α-hetero) is 1. The Kier molecular flexibility index (Phi) is 3.21. The summed E-state index contributed by atoms with van der Waals surface area (Å²) in [6, 6.07) is 8.51. The predicted molar refractivity (Wildman–Crippen MR) is 95.0 cm³/mol. The maximum Gasteiger partial charge on any atom is 0.162 e. The van der Waals surface area contributed by atoms with Gasteiger partial charge in [0.25, 0.3) is 0 Å². The van der Waals surface area contributed by atoms with E-state index >= 15 is 0 Å². The minimum atomic E-state index is -0.0285. The summed E-state index contributed by atoms with van der Waals surface area (Å²) in [6.07, 6.45) is 1.48. The van der Waals surface area contributed by atoms with Crippen LogP contribution in [-0.4, -0.2) is 16.0 Å². The van der Waals surface area contributed by atoms with E-state index < -0.39 is 0 Å². The number of nitrogens with zero attached hydrogens (tertiary/aromatic N) is 1. The summed E-state index contributed by atoms with van der Waals surface area (Å²) in [5.41, 5.74) is 6.47. The minimum absolute atomic E-state index is 0.0103. The molecule has 0 saturated carbocycles. The maximum atomic E-state index is 13.0. The smallest absolute Gasteiger partial charge is 0.162 e. The molecule has 2 N–H and O–H groups in total. The number of carbonyl (C=O) groups excluding carboxylic acids is 1. The monoisotopic (exact) mass is 321 g/mol. The van der Waals surface area contributed by atoms with Crippen LogP contribution in [0.1, 0.15) is 55.0 Å². The molecule has 1 aromatic carbocycles. The third-order valence-electron chi connectivity index (χ3n) is 5.17. The van der Waals surface area contributed by atoms with Gasteiger partial charge in [0.15, 0.2) is 11.6 Å². The molecule has 0 spiro atoms. The molecule has 2 aromatic rings. The second-order valence-electron chi connectivity index (χ2n) is 7.91. The lowest BCUT2D eigenvalue weighted by molar-refractivity contribution is -0.118. The number of hydrogen-bond acceptors (Lipinski definition) is 3. The van der Waals surface area contributed by atoms with E-state index in [4.69, 9.17) is 0 Å². The summed E-state index contributed by atoms with van der Waals surface area (Å²) < 4.78 is 0. The number of allylic oxidation sites excluding steroid dienone is 2. The van der Waals surface area contributed by atoms with Crippen molar-refractivity contribution in [3.8, 4) is 0 Å². The van der Waals surface area contributed by atoms with Gasteiger partial charge in [-0.05, 0) is 31.2 Å². The van der Waals surface area contributed by atoms with Gasteiger partial charge in [-0.3, -0.25) is 9.89 Å². The van der Waals surface area contributed by atoms with Gasteiger partial charge in [0.1, 0.15) is 0 Å². The van der Waals surface area contributed by atoms with Crippen molar-refractivity contribution in [2.24, 2.45) is 5.41 Å². The second kappa shape index (κ2) is 5.07. The van der Waals surface area contributed by atoms with Crippen molar-refractivity contribution >= 4 is 11.6 Å². The topological polar surface area (TPSA) is 57.8 Å². The fraction of sp³-hybridized carbons (Fsp3) is 0.400. The van der Waals surface area contributed by atoms with E-state index in [9.17, 15) is 4.79 Å². The minimum Gasteiger partial charge on any atom is -0.342 e. The average Bonchev–Trinajstić information content (AvgIpc) is 2.86. The SMILES string of the molecule is Cc1ccc([C@@H]2C3=C(CC(C)(C)CC3=O)Nc3n[nH]c(C)c32)cc1. The molecular formula is C20H23N3O. The molecule has 0 unspecified atom stereocenters. The third-order valence-corrected chi connectivity index (χ3v) is 5.17. The Balaban J connectivity index is 1.93. The predicted octanol–water partition coefficient (Wildman–Crippen LogP) is 4.23. The van der Waals surface area contributed by atoms with E-state index in [1.165, 1.54) is 5.56 Å². The highest BCUT2D eigenvalue weighted by Gasteiger charge is 2.42. The van der Waals surface area contributed by atoms with Crippen molar-refractivity contribution in [3.05, 3.63) is 57.9 Å². The molecule has 24 heavy (non-hydrogen) atoms. The van der Waals surface area contributed by atoms with Crippen molar-refractivity contribution in [1.29, 1.82) is 0 Å². The number of fused-ring (bicyclic) bond motifs is 1. The first-order valence-corrected chi connectivity index (χ1v) is 8.50. The van der Waals surface area contributed by atoms with Gasteiger partial charge in [0.05, 0.1) is 0 Å². The summed E-state index contributed by atoms with van der Waals surface area (Å²) in [4.78, 5) is 13.0. The van der Waals surface area contributed by atoms with Crippen LogP contribution in [0.15, 0.2) is 35.5 Å².